The first-order valence-corrected chi connectivity index (χ1v) is 8.49. The molecular weight excluding hydrogens is 268 g/mol. The maximum atomic E-state index is 4.29. The van der Waals surface area contributed by atoms with Gasteiger partial charge in [-0.25, -0.2) is 0 Å². The molecule has 1 aromatic carbocycles. The van der Waals surface area contributed by atoms with Gasteiger partial charge in [-0.3, -0.25) is 4.98 Å². The molecule has 1 aliphatic carbocycles. The van der Waals surface area contributed by atoms with Crippen molar-refractivity contribution in [2.75, 3.05) is 6.54 Å². The molecule has 3 rings (SSSR count). The number of nitrogens with one attached hydrogen (secondary N) is 1. The number of fused-ring (bicyclic) bond motifs is 1. The zero-order valence-electron chi connectivity index (χ0n) is 13.7. The van der Waals surface area contributed by atoms with Crippen molar-refractivity contribution in [2.45, 2.75) is 51.5 Å². The second-order valence-electron chi connectivity index (χ2n) is 6.47. The van der Waals surface area contributed by atoms with Crippen molar-refractivity contribution in [1.29, 1.82) is 0 Å². The molecule has 2 nitrogen and oxygen atoms in total. The van der Waals surface area contributed by atoms with Crippen LogP contribution in [0.1, 0.15) is 47.9 Å². The lowest BCUT2D eigenvalue weighted by Gasteiger charge is -2.35. The van der Waals surface area contributed by atoms with Crippen LogP contribution in [0.15, 0.2) is 42.7 Å². The number of hydrogen-bond acceptors (Lipinski definition) is 2. The van der Waals surface area contributed by atoms with E-state index in [4.69, 9.17) is 0 Å². The van der Waals surface area contributed by atoms with Crippen LogP contribution in [0, 0.1) is 6.92 Å². The van der Waals surface area contributed by atoms with Crippen molar-refractivity contribution in [3.05, 3.63) is 65.0 Å². The van der Waals surface area contributed by atoms with E-state index in [0.717, 1.165) is 13.0 Å². The molecule has 2 unspecified atom stereocenters. The number of rotatable bonds is 5. The van der Waals surface area contributed by atoms with Gasteiger partial charge < -0.3 is 5.32 Å². The molecule has 22 heavy (non-hydrogen) atoms. The van der Waals surface area contributed by atoms with E-state index in [1.165, 1.54) is 36.0 Å². The van der Waals surface area contributed by atoms with E-state index >= 15 is 0 Å². The summed E-state index contributed by atoms with van der Waals surface area (Å²) in [4.78, 5) is 4.29. The van der Waals surface area contributed by atoms with Gasteiger partial charge in [0.05, 0.1) is 0 Å². The third-order valence-corrected chi connectivity index (χ3v) is 4.74. The Labute approximate surface area is 134 Å². The molecule has 2 aromatic rings. The average molecular weight is 294 g/mol. The van der Waals surface area contributed by atoms with Crippen molar-refractivity contribution < 1.29 is 0 Å². The van der Waals surface area contributed by atoms with Crippen molar-refractivity contribution in [1.82, 2.24) is 10.3 Å². The Morgan fingerprint density at radius 1 is 1.27 bits per heavy atom. The molecule has 1 heterocycles. The van der Waals surface area contributed by atoms with Gasteiger partial charge >= 0.3 is 0 Å². The Kier molecular flexibility index (Phi) is 4.89. The monoisotopic (exact) mass is 294 g/mol. The van der Waals surface area contributed by atoms with Gasteiger partial charge in [-0.15, -0.1) is 0 Å². The molecule has 0 aliphatic heterocycles. The van der Waals surface area contributed by atoms with Crippen molar-refractivity contribution in [3.8, 4) is 0 Å². The van der Waals surface area contributed by atoms with E-state index < -0.39 is 0 Å². The predicted molar refractivity (Wildman–Crippen MR) is 92.3 cm³/mol. The minimum Gasteiger partial charge on any atom is -0.313 e. The Morgan fingerprint density at radius 3 is 2.95 bits per heavy atom. The van der Waals surface area contributed by atoms with E-state index in [2.05, 4.69) is 48.4 Å². The van der Waals surface area contributed by atoms with Gasteiger partial charge in [-0.2, -0.15) is 0 Å². The van der Waals surface area contributed by atoms with Crippen LogP contribution in [0.3, 0.4) is 0 Å². The van der Waals surface area contributed by atoms with E-state index in [1.54, 1.807) is 5.56 Å². The molecule has 116 valence electrons. The molecule has 0 radical (unpaired) electrons. The fourth-order valence-electron chi connectivity index (χ4n) is 3.64. The molecule has 2 atom stereocenters. The largest absolute Gasteiger partial charge is 0.313 e. The number of pyridine rings is 1. The van der Waals surface area contributed by atoms with Crippen LogP contribution in [0.25, 0.3) is 0 Å². The number of hydrogen-bond donors (Lipinski definition) is 1. The van der Waals surface area contributed by atoms with Gasteiger partial charge in [0, 0.05) is 24.4 Å². The highest BCUT2D eigenvalue weighted by Crippen LogP contribution is 2.35. The standard InChI is InChI=1S/C20H26N2/c1-3-10-22-20-9-7-17-12-15(2)6-8-18(17)19(20)13-16-5-4-11-21-14-16/h4-6,8,11-12,14,19-20,22H,3,7,9-10,13H2,1-2H3. The Balaban J connectivity index is 1.89. The molecule has 0 amide bonds. The van der Waals surface area contributed by atoms with E-state index in [9.17, 15) is 0 Å². The van der Waals surface area contributed by atoms with Crippen LogP contribution in [0.4, 0.5) is 0 Å². The highest BCUT2D eigenvalue weighted by Gasteiger charge is 2.29. The summed E-state index contributed by atoms with van der Waals surface area (Å²) in [5, 5.41) is 3.78. The summed E-state index contributed by atoms with van der Waals surface area (Å²) in [6.07, 6.45) is 8.57. The fourth-order valence-corrected chi connectivity index (χ4v) is 3.64. The third-order valence-electron chi connectivity index (χ3n) is 4.74. The maximum absolute atomic E-state index is 4.29. The minimum atomic E-state index is 0.556. The molecule has 1 N–H and O–H groups in total. The van der Waals surface area contributed by atoms with Crippen LogP contribution in [-0.4, -0.2) is 17.6 Å². The Bertz CT molecular complexity index is 606. The van der Waals surface area contributed by atoms with Gasteiger partial charge in [-0.1, -0.05) is 36.8 Å². The number of aromatic nitrogens is 1. The number of nitrogens with zero attached hydrogens (tertiary/aromatic N) is 1. The lowest BCUT2D eigenvalue weighted by atomic mass is 9.76. The van der Waals surface area contributed by atoms with Crippen LogP contribution in [0.2, 0.25) is 0 Å². The summed E-state index contributed by atoms with van der Waals surface area (Å²) in [6.45, 7) is 5.54. The van der Waals surface area contributed by atoms with Crippen LogP contribution in [-0.2, 0) is 12.8 Å². The Hall–Kier alpha value is -1.67. The van der Waals surface area contributed by atoms with Crippen LogP contribution in [0.5, 0.6) is 0 Å². The smallest absolute Gasteiger partial charge is 0.0300 e. The first-order valence-electron chi connectivity index (χ1n) is 8.49. The van der Waals surface area contributed by atoms with Gasteiger partial charge in [-0.05, 0) is 61.9 Å². The second kappa shape index (κ2) is 7.06. The molecule has 0 saturated heterocycles. The third kappa shape index (κ3) is 3.38. The topological polar surface area (TPSA) is 24.9 Å². The first kappa shape index (κ1) is 15.2. The summed E-state index contributed by atoms with van der Waals surface area (Å²) >= 11 is 0. The van der Waals surface area contributed by atoms with Crippen molar-refractivity contribution in [3.63, 3.8) is 0 Å². The minimum absolute atomic E-state index is 0.556. The maximum Gasteiger partial charge on any atom is 0.0300 e. The number of aryl methyl sites for hydroxylation is 2. The van der Waals surface area contributed by atoms with E-state index in [1.807, 2.05) is 18.5 Å². The normalized spacial score (nSPS) is 20.6. The first-order chi connectivity index (χ1) is 10.8. The molecule has 0 spiro atoms. The van der Waals surface area contributed by atoms with Gasteiger partial charge in [0.25, 0.3) is 0 Å². The summed E-state index contributed by atoms with van der Waals surface area (Å²) in [6, 6.07) is 11.8. The van der Waals surface area contributed by atoms with Crippen molar-refractivity contribution >= 4 is 0 Å². The second-order valence-corrected chi connectivity index (χ2v) is 6.47. The summed E-state index contributed by atoms with van der Waals surface area (Å²) < 4.78 is 0. The highest BCUT2D eigenvalue weighted by molar-refractivity contribution is 5.38. The zero-order chi connectivity index (χ0) is 15.4. The van der Waals surface area contributed by atoms with E-state index in [0.29, 0.717) is 12.0 Å². The molecule has 1 aromatic heterocycles. The Morgan fingerprint density at radius 2 is 2.18 bits per heavy atom. The van der Waals surface area contributed by atoms with Crippen LogP contribution < -0.4 is 5.32 Å². The zero-order valence-corrected chi connectivity index (χ0v) is 13.7. The van der Waals surface area contributed by atoms with Gasteiger partial charge in [0.1, 0.15) is 0 Å². The molecule has 0 fully saturated rings. The quantitative estimate of drug-likeness (QED) is 0.900. The lowest BCUT2D eigenvalue weighted by molar-refractivity contribution is 0.385. The summed E-state index contributed by atoms with van der Waals surface area (Å²) in [7, 11) is 0. The van der Waals surface area contributed by atoms with Gasteiger partial charge in [0.2, 0.25) is 0 Å². The highest BCUT2D eigenvalue weighted by atomic mass is 14.9. The van der Waals surface area contributed by atoms with Crippen LogP contribution >= 0.6 is 0 Å². The number of benzene rings is 1. The molecule has 0 saturated carbocycles. The molecule has 1 aliphatic rings. The van der Waals surface area contributed by atoms with Gasteiger partial charge in [0.15, 0.2) is 0 Å². The predicted octanol–water partition coefficient (Wildman–Crippen LogP) is 4.03. The fraction of sp³-hybridized carbons (Fsp3) is 0.450. The van der Waals surface area contributed by atoms with E-state index in [-0.39, 0.29) is 0 Å². The summed E-state index contributed by atoms with van der Waals surface area (Å²) in [5.41, 5.74) is 5.79. The molecular formula is C20H26N2. The average Bonchev–Trinajstić information content (AvgIpc) is 2.55. The SMILES string of the molecule is CCCNC1CCc2cc(C)ccc2C1Cc1cccnc1. The summed E-state index contributed by atoms with van der Waals surface area (Å²) in [5.74, 6) is 0.556. The van der Waals surface area contributed by atoms with Crippen molar-refractivity contribution in [2.24, 2.45) is 0 Å². The molecule has 2 heteroatoms. The molecule has 0 bridgehead atoms. The lowest BCUT2D eigenvalue weighted by Crippen LogP contribution is -2.39.